The number of nitrogens with two attached hydrogens (primary N) is 1. The average molecular weight is 319 g/mol. The maximum atomic E-state index is 13.0. The quantitative estimate of drug-likeness (QED) is 0.781. The smallest absolute Gasteiger partial charge is 0.256 e. The molecule has 4 rings (SSSR count). The predicted octanol–water partition coefficient (Wildman–Crippen LogP) is 0.711. The maximum Gasteiger partial charge on any atom is 0.256 e. The van der Waals surface area contributed by atoms with Gasteiger partial charge in [0, 0.05) is 12.6 Å². The van der Waals surface area contributed by atoms with Crippen LogP contribution in [0.15, 0.2) is 12.1 Å². The van der Waals surface area contributed by atoms with E-state index in [2.05, 4.69) is 0 Å². The summed E-state index contributed by atoms with van der Waals surface area (Å²) in [6.45, 7) is 0.690. The van der Waals surface area contributed by atoms with Crippen molar-refractivity contribution in [2.75, 3.05) is 25.8 Å². The van der Waals surface area contributed by atoms with Crippen molar-refractivity contribution in [3.05, 3.63) is 17.7 Å². The summed E-state index contributed by atoms with van der Waals surface area (Å²) in [4.78, 5) is 14.8. The molecule has 0 radical (unpaired) electrons. The van der Waals surface area contributed by atoms with E-state index in [0.29, 0.717) is 29.3 Å². The fraction of sp³-hybridized carbons (Fsp3) is 0.562. The molecule has 124 valence electrons. The van der Waals surface area contributed by atoms with Gasteiger partial charge in [-0.3, -0.25) is 9.80 Å². The molecule has 2 heterocycles. The molecule has 1 aromatic rings. The fourth-order valence-corrected chi connectivity index (χ4v) is 3.86. The van der Waals surface area contributed by atoms with Crippen molar-refractivity contribution in [1.29, 1.82) is 0 Å². The molecule has 0 aromatic heterocycles. The molecule has 2 aliphatic heterocycles. The van der Waals surface area contributed by atoms with Gasteiger partial charge >= 0.3 is 0 Å². The Bertz CT molecular complexity index is 674. The number of carbonyl (C=O) groups excluding carboxylic acids is 1. The van der Waals surface area contributed by atoms with Crippen LogP contribution in [-0.4, -0.2) is 48.9 Å². The molecule has 1 amide bonds. The van der Waals surface area contributed by atoms with Gasteiger partial charge in [-0.1, -0.05) is 0 Å². The number of rotatable bonds is 2. The zero-order valence-electron chi connectivity index (χ0n) is 13.3. The van der Waals surface area contributed by atoms with Gasteiger partial charge in [0.25, 0.3) is 5.91 Å². The zero-order chi connectivity index (χ0) is 16.4. The highest BCUT2D eigenvalue weighted by Gasteiger charge is 2.56. The molecule has 0 bridgehead atoms. The van der Waals surface area contributed by atoms with Crippen molar-refractivity contribution < 1.29 is 19.4 Å². The van der Waals surface area contributed by atoms with Gasteiger partial charge in [0.05, 0.1) is 31.5 Å². The zero-order valence-corrected chi connectivity index (χ0v) is 13.3. The first-order valence-electron chi connectivity index (χ1n) is 7.79. The average Bonchev–Trinajstić information content (AvgIpc) is 3.22. The largest absolute Gasteiger partial charge is 0.493 e. The van der Waals surface area contributed by atoms with Crippen molar-refractivity contribution >= 4 is 11.6 Å². The van der Waals surface area contributed by atoms with Gasteiger partial charge in [-0.15, -0.1) is 0 Å². The Morgan fingerprint density at radius 3 is 2.52 bits per heavy atom. The minimum atomic E-state index is -0.932. The number of methoxy groups -OCH3 is 2. The minimum absolute atomic E-state index is 0.110. The van der Waals surface area contributed by atoms with Crippen LogP contribution >= 0.6 is 0 Å². The highest BCUT2D eigenvalue weighted by molar-refractivity contribution is 6.02. The topological polar surface area (TPSA) is 88.3 Å². The van der Waals surface area contributed by atoms with Crippen LogP contribution < -0.4 is 20.3 Å². The highest BCUT2D eigenvalue weighted by Crippen LogP contribution is 2.56. The van der Waals surface area contributed by atoms with Crippen LogP contribution in [0.4, 0.5) is 5.69 Å². The Morgan fingerprint density at radius 1 is 1.26 bits per heavy atom. The third-order valence-corrected chi connectivity index (χ3v) is 5.41. The van der Waals surface area contributed by atoms with Crippen molar-refractivity contribution in [3.63, 3.8) is 0 Å². The van der Waals surface area contributed by atoms with E-state index in [1.165, 1.54) is 19.2 Å². The van der Waals surface area contributed by atoms with Crippen molar-refractivity contribution in [3.8, 4) is 11.5 Å². The Balaban J connectivity index is 1.83. The van der Waals surface area contributed by atoms with Crippen LogP contribution in [0.2, 0.25) is 0 Å². The number of fused-ring (bicyclic) bond motifs is 2. The number of aliphatic hydroxyl groups is 1. The number of anilines is 1. The molecular formula is C16H21N3O4. The molecule has 23 heavy (non-hydrogen) atoms. The van der Waals surface area contributed by atoms with Crippen LogP contribution in [0, 0.1) is 5.41 Å². The Kier molecular flexibility index (Phi) is 3.01. The standard InChI is InChI=1S/C16H21N3O4/c1-22-12-5-9-10(6-13(12)23-2)19(17)15(21)11-7-16(3-4-16)8-18(11)14(9)20/h5-6,11,15,21H,3-4,7-8,17H2,1-2H3/t11-,15-/m0/s1. The summed E-state index contributed by atoms with van der Waals surface area (Å²) in [5.41, 5.74) is 1.08. The van der Waals surface area contributed by atoms with Crippen molar-refractivity contribution in [1.82, 2.24) is 4.90 Å². The highest BCUT2D eigenvalue weighted by atomic mass is 16.5. The normalized spacial score (nSPS) is 27.6. The van der Waals surface area contributed by atoms with E-state index in [1.54, 1.807) is 17.0 Å². The molecule has 1 saturated carbocycles. The Labute approximate surface area is 134 Å². The monoisotopic (exact) mass is 319 g/mol. The molecule has 2 fully saturated rings. The van der Waals surface area contributed by atoms with E-state index in [-0.39, 0.29) is 17.4 Å². The second-order valence-corrected chi connectivity index (χ2v) is 6.75. The van der Waals surface area contributed by atoms with E-state index >= 15 is 0 Å². The molecule has 1 aromatic carbocycles. The minimum Gasteiger partial charge on any atom is -0.493 e. The molecule has 1 aliphatic carbocycles. The lowest BCUT2D eigenvalue weighted by Crippen LogP contribution is -2.51. The van der Waals surface area contributed by atoms with Gasteiger partial charge in [-0.25, -0.2) is 5.84 Å². The summed E-state index contributed by atoms with van der Waals surface area (Å²) in [6.07, 6.45) is 2.10. The van der Waals surface area contributed by atoms with E-state index in [1.807, 2.05) is 0 Å². The number of carbonyl (C=O) groups is 1. The molecule has 1 spiro atoms. The van der Waals surface area contributed by atoms with Crippen LogP contribution in [0.25, 0.3) is 0 Å². The van der Waals surface area contributed by atoms with Crippen LogP contribution in [0.5, 0.6) is 11.5 Å². The molecule has 3 N–H and O–H groups in total. The maximum absolute atomic E-state index is 13.0. The van der Waals surface area contributed by atoms with E-state index in [0.717, 1.165) is 19.3 Å². The van der Waals surface area contributed by atoms with Crippen molar-refractivity contribution in [2.45, 2.75) is 31.5 Å². The van der Waals surface area contributed by atoms with Gasteiger partial charge < -0.3 is 19.5 Å². The third kappa shape index (κ3) is 2.00. The van der Waals surface area contributed by atoms with Crippen LogP contribution in [0.3, 0.4) is 0 Å². The number of hydrazine groups is 1. The van der Waals surface area contributed by atoms with E-state index < -0.39 is 6.23 Å². The SMILES string of the molecule is COc1cc2c(cc1OC)N(N)[C@@H](O)[C@@H]1CC3(CC3)CN1C2=O. The Morgan fingerprint density at radius 2 is 1.91 bits per heavy atom. The summed E-state index contributed by atoms with van der Waals surface area (Å²) < 4.78 is 10.6. The van der Waals surface area contributed by atoms with Crippen molar-refractivity contribution in [2.24, 2.45) is 11.3 Å². The second-order valence-electron chi connectivity index (χ2n) is 6.75. The lowest BCUT2D eigenvalue weighted by molar-refractivity contribution is 0.0513. The second kappa shape index (κ2) is 4.75. The summed E-state index contributed by atoms with van der Waals surface area (Å²) in [7, 11) is 3.05. The summed E-state index contributed by atoms with van der Waals surface area (Å²) >= 11 is 0. The first-order chi connectivity index (χ1) is 11.0. The summed E-state index contributed by atoms with van der Waals surface area (Å²) in [6, 6.07) is 3.01. The van der Waals surface area contributed by atoms with Gasteiger partial charge in [0.1, 0.15) is 0 Å². The number of nitrogens with zero attached hydrogens (tertiary/aromatic N) is 2. The number of benzene rings is 1. The summed E-state index contributed by atoms with van der Waals surface area (Å²) in [5, 5.41) is 12.0. The molecule has 0 unspecified atom stereocenters. The van der Waals surface area contributed by atoms with Gasteiger partial charge in [-0.05, 0) is 30.7 Å². The van der Waals surface area contributed by atoms with Crippen LogP contribution in [-0.2, 0) is 0 Å². The lowest BCUT2D eigenvalue weighted by atomic mass is 10.0. The van der Waals surface area contributed by atoms with E-state index in [4.69, 9.17) is 15.3 Å². The number of aliphatic hydroxyl groups excluding tert-OH is 1. The molecule has 2 atom stereocenters. The number of hydrogen-bond acceptors (Lipinski definition) is 6. The first-order valence-corrected chi connectivity index (χ1v) is 7.79. The molecule has 3 aliphatic rings. The third-order valence-electron chi connectivity index (χ3n) is 5.41. The number of hydrogen-bond donors (Lipinski definition) is 2. The summed E-state index contributed by atoms with van der Waals surface area (Å²) in [5.74, 6) is 6.98. The molecular weight excluding hydrogens is 298 g/mol. The van der Waals surface area contributed by atoms with Crippen LogP contribution in [0.1, 0.15) is 29.6 Å². The predicted molar refractivity (Wildman–Crippen MR) is 83.3 cm³/mol. The van der Waals surface area contributed by atoms with Gasteiger partial charge in [0.15, 0.2) is 17.7 Å². The molecule has 7 heteroatoms. The molecule has 1 saturated heterocycles. The molecule has 7 nitrogen and oxygen atoms in total. The number of ether oxygens (including phenoxy) is 2. The first kappa shape index (κ1) is 14.6. The van der Waals surface area contributed by atoms with E-state index in [9.17, 15) is 9.90 Å². The Hall–Kier alpha value is -1.99. The number of amides is 1. The van der Waals surface area contributed by atoms with Gasteiger partial charge in [0.2, 0.25) is 0 Å². The fourth-order valence-electron chi connectivity index (χ4n) is 3.86. The lowest BCUT2D eigenvalue weighted by Gasteiger charge is -2.30. The van der Waals surface area contributed by atoms with Gasteiger partial charge in [-0.2, -0.15) is 0 Å².